The lowest BCUT2D eigenvalue weighted by atomic mass is 10.1. The second-order valence-electron chi connectivity index (χ2n) is 6.56. The van der Waals surface area contributed by atoms with Gasteiger partial charge in [0, 0.05) is 32.7 Å². The van der Waals surface area contributed by atoms with E-state index in [0.29, 0.717) is 36.7 Å². The van der Waals surface area contributed by atoms with Gasteiger partial charge in [-0.05, 0) is 48.7 Å². The molecule has 0 bridgehead atoms. The van der Waals surface area contributed by atoms with Crippen molar-refractivity contribution >= 4 is 11.9 Å². The number of rotatable bonds is 7. The molecule has 150 valence electrons. The molecule has 0 fully saturated rings. The Morgan fingerprint density at radius 3 is 2.61 bits per heavy atom. The van der Waals surface area contributed by atoms with Gasteiger partial charge in [0.15, 0.2) is 17.5 Å². The van der Waals surface area contributed by atoms with Crippen molar-refractivity contribution in [3.8, 4) is 5.75 Å². The molecule has 0 aliphatic rings. The molecule has 0 spiro atoms. The number of guanidine groups is 1. The molecule has 0 atom stereocenters. The van der Waals surface area contributed by atoms with Crippen LogP contribution in [-0.2, 0) is 13.0 Å². The van der Waals surface area contributed by atoms with Crippen LogP contribution in [0.1, 0.15) is 28.4 Å². The van der Waals surface area contributed by atoms with E-state index >= 15 is 0 Å². The summed E-state index contributed by atoms with van der Waals surface area (Å²) in [6, 6.07) is 11.8. The van der Waals surface area contributed by atoms with Crippen LogP contribution in [0.5, 0.6) is 5.75 Å². The van der Waals surface area contributed by atoms with E-state index in [0.717, 1.165) is 12.0 Å². The number of benzene rings is 2. The predicted molar refractivity (Wildman–Crippen MR) is 109 cm³/mol. The number of aromatic hydroxyl groups is 1. The van der Waals surface area contributed by atoms with Gasteiger partial charge in [0.25, 0.3) is 5.91 Å². The van der Waals surface area contributed by atoms with E-state index < -0.39 is 5.82 Å². The van der Waals surface area contributed by atoms with E-state index in [4.69, 9.17) is 0 Å². The Bertz CT molecular complexity index is 837. The first kappa shape index (κ1) is 21.2. The van der Waals surface area contributed by atoms with E-state index in [1.807, 2.05) is 31.2 Å². The fourth-order valence-electron chi connectivity index (χ4n) is 2.60. The zero-order valence-electron chi connectivity index (χ0n) is 16.5. The Morgan fingerprint density at radius 2 is 1.93 bits per heavy atom. The molecule has 2 rings (SSSR count). The number of carbonyl (C=O) groups excluding carboxylic acids is 1. The van der Waals surface area contributed by atoms with Crippen molar-refractivity contribution in [3.63, 3.8) is 0 Å². The van der Waals surface area contributed by atoms with Gasteiger partial charge in [-0.15, -0.1) is 0 Å². The Labute approximate surface area is 165 Å². The number of aliphatic imine (C=N–C) groups is 1. The number of phenolic OH excluding ortho intramolecular Hbond substituents is 1. The molecule has 28 heavy (non-hydrogen) atoms. The molecule has 0 unspecified atom stereocenters. The Balaban J connectivity index is 1.95. The van der Waals surface area contributed by atoms with Crippen molar-refractivity contribution in [1.29, 1.82) is 0 Å². The first-order valence-corrected chi connectivity index (χ1v) is 9.21. The first-order chi connectivity index (χ1) is 13.4. The summed E-state index contributed by atoms with van der Waals surface area (Å²) in [4.78, 5) is 18.1. The number of amides is 1. The van der Waals surface area contributed by atoms with E-state index in [-0.39, 0.29) is 11.7 Å². The van der Waals surface area contributed by atoms with Gasteiger partial charge in [-0.2, -0.15) is 0 Å². The van der Waals surface area contributed by atoms with Gasteiger partial charge in [0.1, 0.15) is 0 Å². The second kappa shape index (κ2) is 10.3. The summed E-state index contributed by atoms with van der Waals surface area (Å²) >= 11 is 0. The SMILES string of the molecule is CCNC(=NCc1ccc(O)c(F)c1)NCCc1cccc(C(=O)N(C)C)c1. The molecule has 7 heteroatoms. The molecule has 6 nitrogen and oxygen atoms in total. The number of nitrogens with zero attached hydrogens (tertiary/aromatic N) is 2. The van der Waals surface area contributed by atoms with E-state index in [9.17, 15) is 14.3 Å². The lowest BCUT2D eigenvalue weighted by molar-refractivity contribution is 0.0827. The van der Waals surface area contributed by atoms with E-state index in [2.05, 4.69) is 15.6 Å². The van der Waals surface area contributed by atoms with Crippen molar-refractivity contribution in [2.45, 2.75) is 19.9 Å². The number of halogens is 1. The number of hydrogen-bond acceptors (Lipinski definition) is 3. The maximum Gasteiger partial charge on any atom is 0.253 e. The highest BCUT2D eigenvalue weighted by Crippen LogP contribution is 2.16. The molecular formula is C21H27FN4O2. The maximum atomic E-state index is 13.4. The molecule has 2 aromatic carbocycles. The van der Waals surface area contributed by atoms with Crippen molar-refractivity contribution in [2.24, 2.45) is 4.99 Å². The molecule has 0 aromatic heterocycles. The van der Waals surface area contributed by atoms with Crippen LogP contribution in [0.4, 0.5) is 4.39 Å². The molecule has 0 saturated heterocycles. The molecule has 2 aromatic rings. The summed E-state index contributed by atoms with van der Waals surface area (Å²) in [5.41, 5.74) is 2.39. The van der Waals surface area contributed by atoms with Crippen LogP contribution in [0, 0.1) is 5.82 Å². The van der Waals surface area contributed by atoms with Gasteiger partial charge in [0.05, 0.1) is 6.54 Å². The molecule has 0 saturated carbocycles. The second-order valence-corrected chi connectivity index (χ2v) is 6.56. The first-order valence-electron chi connectivity index (χ1n) is 9.21. The minimum Gasteiger partial charge on any atom is -0.505 e. The van der Waals surface area contributed by atoms with Gasteiger partial charge in [-0.3, -0.25) is 4.79 Å². The van der Waals surface area contributed by atoms with Crippen molar-refractivity contribution in [1.82, 2.24) is 15.5 Å². The standard InChI is InChI=1S/C21H27FN4O2/c1-4-23-21(25-14-16-8-9-19(27)18(22)13-16)24-11-10-15-6-5-7-17(12-15)20(28)26(2)3/h5-9,12-13,27H,4,10-11,14H2,1-3H3,(H2,23,24,25). The Hall–Kier alpha value is -3.09. The van der Waals surface area contributed by atoms with Crippen LogP contribution >= 0.6 is 0 Å². The Morgan fingerprint density at radius 1 is 1.14 bits per heavy atom. The number of carbonyl (C=O) groups is 1. The summed E-state index contributed by atoms with van der Waals surface area (Å²) in [6.45, 7) is 3.59. The van der Waals surface area contributed by atoms with Crippen molar-refractivity contribution < 1.29 is 14.3 Å². The van der Waals surface area contributed by atoms with Gasteiger partial charge in [0.2, 0.25) is 0 Å². The third kappa shape index (κ3) is 6.26. The summed E-state index contributed by atoms with van der Waals surface area (Å²) in [5.74, 6) is -0.423. The third-order valence-electron chi connectivity index (χ3n) is 4.06. The number of phenols is 1. The molecule has 0 radical (unpaired) electrons. The van der Waals surface area contributed by atoms with Crippen LogP contribution in [-0.4, -0.2) is 49.1 Å². The molecule has 0 heterocycles. The van der Waals surface area contributed by atoms with E-state index in [1.54, 1.807) is 25.1 Å². The molecule has 3 N–H and O–H groups in total. The highest BCUT2D eigenvalue weighted by molar-refractivity contribution is 5.94. The molecule has 1 amide bonds. The van der Waals surface area contributed by atoms with Crippen LogP contribution < -0.4 is 10.6 Å². The third-order valence-corrected chi connectivity index (χ3v) is 4.06. The van der Waals surface area contributed by atoms with Crippen molar-refractivity contribution in [3.05, 3.63) is 65.0 Å². The smallest absolute Gasteiger partial charge is 0.253 e. The summed E-state index contributed by atoms with van der Waals surface area (Å²) < 4.78 is 13.4. The minimum atomic E-state index is -0.655. The van der Waals surface area contributed by atoms with Crippen molar-refractivity contribution in [2.75, 3.05) is 27.2 Å². The van der Waals surface area contributed by atoms with Crippen LogP contribution in [0.15, 0.2) is 47.5 Å². The number of nitrogens with one attached hydrogen (secondary N) is 2. The van der Waals surface area contributed by atoms with Gasteiger partial charge in [-0.25, -0.2) is 9.38 Å². The summed E-state index contributed by atoms with van der Waals surface area (Å²) in [5, 5.41) is 15.6. The van der Waals surface area contributed by atoms with Gasteiger partial charge < -0.3 is 20.6 Å². The zero-order valence-corrected chi connectivity index (χ0v) is 16.5. The fourth-order valence-corrected chi connectivity index (χ4v) is 2.60. The zero-order chi connectivity index (χ0) is 20.5. The molecular weight excluding hydrogens is 359 g/mol. The van der Waals surface area contributed by atoms with Gasteiger partial charge >= 0.3 is 0 Å². The topological polar surface area (TPSA) is 77.0 Å². The average molecular weight is 386 g/mol. The normalized spacial score (nSPS) is 11.2. The highest BCUT2D eigenvalue weighted by atomic mass is 19.1. The minimum absolute atomic E-state index is 0.0224. The summed E-state index contributed by atoms with van der Waals surface area (Å²) in [7, 11) is 3.46. The number of hydrogen-bond donors (Lipinski definition) is 3. The van der Waals surface area contributed by atoms with Crippen LogP contribution in [0.3, 0.4) is 0 Å². The van der Waals surface area contributed by atoms with E-state index in [1.165, 1.54) is 12.1 Å². The molecule has 0 aliphatic heterocycles. The van der Waals surface area contributed by atoms with Crippen LogP contribution in [0.2, 0.25) is 0 Å². The predicted octanol–water partition coefficient (Wildman–Crippen LogP) is 2.53. The fraction of sp³-hybridized carbons (Fsp3) is 0.333. The monoisotopic (exact) mass is 386 g/mol. The largest absolute Gasteiger partial charge is 0.505 e. The van der Waals surface area contributed by atoms with Crippen LogP contribution in [0.25, 0.3) is 0 Å². The maximum absolute atomic E-state index is 13.4. The summed E-state index contributed by atoms with van der Waals surface area (Å²) in [6.07, 6.45) is 0.729. The Kier molecular flexibility index (Phi) is 7.80. The lowest BCUT2D eigenvalue weighted by Crippen LogP contribution is -2.38. The highest BCUT2D eigenvalue weighted by Gasteiger charge is 2.08. The van der Waals surface area contributed by atoms with Gasteiger partial charge in [-0.1, -0.05) is 18.2 Å². The lowest BCUT2D eigenvalue weighted by Gasteiger charge is -2.13. The quantitative estimate of drug-likeness (QED) is 0.505. The average Bonchev–Trinajstić information content (AvgIpc) is 2.68. The molecule has 0 aliphatic carbocycles.